The van der Waals surface area contributed by atoms with Crippen molar-refractivity contribution in [2.45, 2.75) is 20.3 Å². The minimum Gasteiger partial charge on any atom is -0.417 e. The molecule has 0 aliphatic carbocycles. The van der Waals surface area contributed by atoms with Crippen molar-refractivity contribution in [2.24, 2.45) is 10.9 Å². The molecule has 27 heavy (non-hydrogen) atoms. The Bertz CT molecular complexity index is 843. The summed E-state index contributed by atoms with van der Waals surface area (Å²) in [7, 11) is 0. The average molecular weight is 406 g/mol. The monoisotopic (exact) mass is 406 g/mol. The Morgan fingerprint density at radius 1 is 1.11 bits per heavy atom. The van der Waals surface area contributed by atoms with Gasteiger partial charge in [-0.15, -0.1) is 0 Å². The van der Waals surface area contributed by atoms with Gasteiger partial charge in [-0.1, -0.05) is 49.4 Å². The zero-order valence-corrected chi connectivity index (χ0v) is 17.0. The Hall–Kier alpha value is -2.08. The molecule has 0 heterocycles. The number of Topliss-reactive ketones (excluding diaryl/α,β-unsaturated/α-hetero) is 1. The Kier molecular flexibility index (Phi) is 8.10. The van der Waals surface area contributed by atoms with Gasteiger partial charge in [0.2, 0.25) is 5.78 Å². The van der Waals surface area contributed by atoms with Crippen molar-refractivity contribution >= 4 is 29.7 Å². The molecule has 0 aliphatic heterocycles. The highest BCUT2D eigenvalue weighted by Crippen LogP contribution is 2.60. The zero-order valence-electron chi connectivity index (χ0n) is 15.3. The Balaban J connectivity index is 2.27. The summed E-state index contributed by atoms with van der Waals surface area (Å²) >= 11 is 1.16. The quantitative estimate of drug-likeness (QED) is 0.198. The van der Waals surface area contributed by atoms with E-state index in [2.05, 4.69) is 5.10 Å². The van der Waals surface area contributed by atoms with E-state index in [1.165, 1.54) is 0 Å². The normalized spacial score (nSPS) is 13.8. The molecule has 0 aromatic heterocycles. The number of hydrazone groups is 1. The number of benzene rings is 2. The van der Waals surface area contributed by atoms with Crippen LogP contribution in [-0.2, 0) is 9.09 Å². The standard InChI is InChI=1S/C19H23N2O4PS/c1-3-13-27-26(23,24-4-2)25-17-12-8-11-16(14-17)18(21-20)19(22)15-9-6-5-7-10-15/h5-12,14H,3-4,13,20H2,1-2H3/b21-18+. The van der Waals surface area contributed by atoms with Gasteiger partial charge in [-0.3, -0.25) is 9.32 Å². The first-order chi connectivity index (χ1) is 13.0. The molecule has 0 amide bonds. The maximum atomic E-state index is 12.8. The van der Waals surface area contributed by atoms with E-state index in [-0.39, 0.29) is 18.1 Å². The lowest BCUT2D eigenvalue weighted by Gasteiger charge is -2.18. The minimum absolute atomic E-state index is 0.0964. The molecule has 0 saturated carbocycles. The average Bonchev–Trinajstić information content (AvgIpc) is 2.68. The topological polar surface area (TPSA) is 91.0 Å². The molecule has 0 aliphatic rings. The van der Waals surface area contributed by atoms with E-state index in [1.54, 1.807) is 55.5 Å². The van der Waals surface area contributed by atoms with E-state index in [0.29, 0.717) is 22.6 Å². The summed E-state index contributed by atoms with van der Waals surface area (Å²) in [5, 5.41) is 3.66. The molecule has 144 valence electrons. The zero-order chi connectivity index (χ0) is 19.7. The number of hydrogen-bond acceptors (Lipinski definition) is 7. The molecule has 2 rings (SSSR count). The third-order valence-corrected chi connectivity index (χ3v) is 7.40. The number of carbonyl (C=O) groups excluding carboxylic acids is 1. The summed E-state index contributed by atoms with van der Waals surface area (Å²) in [5.41, 5.74) is 1.05. The van der Waals surface area contributed by atoms with Crippen LogP contribution in [0, 0.1) is 0 Å². The fourth-order valence-electron chi connectivity index (χ4n) is 2.27. The van der Waals surface area contributed by atoms with Crippen LogP contribution in [-0.4, -0.2) is 23.9 Å². The lowest BCUT2D eigenvalue weighted by molar-refractivity contribution is 0.106. The molecule has 1 atom stereocenters. The fraction of sp³-hybridized carbons (Fsp3) is 0.263. The molecular weight excluding hydrogens is 383 g/mol. The molecule has 8 heteroatoms. The van der Waals surface area contributed by atoms with Crippen molar-refractivity contribution in [1.29, 1.82) is 0 Å². The summed E-state index contributed by atoms with van der Waals surface area (Å²) in [5.74, 6) is 6.15. The van der Waals surface area contributed by atoms with Gasteiger partial charge in [0, 0.05) is 16.9 Å². The SMILES string of the molecule is CCCSP(=O)(OCC)Oc1cccc(/C(=N\N)C(=O)c2ccccc2)c1. The number of nitrogens with zero attached hydrogens (tertiary/aromatic N) is 1. The largest absolute Gasteiger partial charge is 0.440 e. The Morgan fingerprint density at radius 2 is 1.81 bits per heavy atom. The van der Waals surface area contributed by atoms with Crippen LogP contribution in [0.15, 0.2) is 59.7 Å². The van der Waals surface area contributed by atoms with Crippen molar-refractivity contribution < 1.29 is 18.4 Å². The van der Waals surface area contributed by atoms with E-state index in [9.17, 15) is 9.36 Å². The Morgan fingerprint density at radius 3 is 2.44 bits per heavy atom. The first kappa shape index (κ1) is 21.2. The first-order valence-electron chi connectivity index (χ1n) is 8.59. The van der Waals surface area contributed by atoms with Crippen LogP contribution in [0.2, 0.25) is 0 Å². The van der Waals surface area contributed by atoms with Crippen LogP contribution in [0.5, 0.6) is 5.75 Å². The van der Waals surface area contributed by atoms with Crippen LogP contribution >= 0.6 is 18.2 Å². The molecule has 0 spiro atoms. The predicted molar refractivity (Wildman–Crippen MR) is 111 cm³/mol. The molecule has 0 radical (unpaired) electrons. The van der Waals surface area contributed by atoms with Crippen LogP contribution < -0.4 is 10.4 Å². The third kappa shape index (κ3) is 5.96. The molecule has 2 N–H and O–H groups in total. The lowest BCUT2D eigenvalue weighted by Crippen LogP contribution is -2.17. The van der Waals surface area contributed by atoms with E-state index in [4.69, 9.17) is 14.9 Å². The van der Waals surface area contributed by atoms with E-state index >= 15 is 0 Å². The van der Waals surface area contributed by atoms with Crippen LogP contribution in [0.4, 0.5) is 0 Å². The van der Waals surface area contributed by atoms with Gasteiger partial charge in [0.05, 0.1) is 6.61 Å². The van der Waals surface area contributed by atoms with Gasteiger partial charge in [-0.05, 0) is 36.9 Å². The summed E-state index contributed by atoms with van der Waals surface area (Å²) in [6, 6.07) is 15.4. The van der Waals surface area contributed by atoms with Crippen LogP contribution in [0.1, 0.15) is 36.2 Å². The predicted octanol–water partition coefficient (Wildman–Crippen LogP) is 4.90. The lowest BCUT2D eigenvalue weighted by atomic mass is 10.0. The highest BCUT2D eigenvalue weighted by Gasteiger charge is 2.27. The van der Waals surface area contributed by atoms with Gasteiger partial charge in [0.1, 0.15) is 11.5 Å². The molecule has 0 fully saturated rings. The van der Waals surface area contributed by atoms with Crippen molar-refractivity contribution in [3.63, 3.8) is 0 Å². The second kappa shape index (κ2) is 10.3. The molecule has 2 aromatic rings. The molecule has 0 bridgehead atoms. The first-order valence-corrected chi connectivity index (χ1v) is 11.7. The van der Waals surface area contributed by atoms with Gasteiger partial charge >= 0.3 is 6.80 Å². The van der Waals surface area contributed by atoms with Gasteiger partial charge in [-0.25, -0.2) is 4.57 Å². The number of carbonyl (C=O) groups is 1. The highest BCUT2D eigenvalue weighted by molar-refractivity contribution is 8.55. The number of ketones is 1. The van der Waals surface area contributed by atoms with Crippen molar-refractivity contribution in [1.82, 2.24) is 0 Å². The fourth-order valence-corrected chi connectivity index (χ4v) is 5.72. The van der Waals surface area contributed by atoms with E-state index < -0.39 is 6.80 Å². The molecule has 0 saturated heterocycles. The third-order valence-electron chi connectivity index (χ3n) is 3.45. The minimum atomic E-state index is -3.34. The summed E-state index contributed by atoms with van der Waals surface area (Å²) in [6.07, 6.45) is 0.848. The molecule has 6 nitrogen and oxygen atoms in total. The van der Waals surface area contributed by atoms with Gasteiger partial charge in [0.25, 0.3) is 0 Å². The van der Waals surface area contributed by atoms with Gasteiger partial charge in [0.15, 0.2) is 0 Å². The summed E-state index contributed by atoms with van der Waals surface area (Å²) in [6.45, 7) is 0.686. The summed E-state index contributed by atoms with van der Waals surface area (Å²) < 4.78 is 23.9. The highest BCUT2D eigenvalue weighted by atomic mass is 32.7. The molecular formula is C19H23N2O4PS. The van der Waals surface area contributed by atoms with Crippen molar-refractivity contribution in [2.75, 3.05) is 12.4 Å². The maximum Gasteiger partial charge on any atom is 0.440 e. The molecule has 2 aromatic carbocycles. The summed E-state index contributed by atoms with van der Waals surface area (Å²) in [4.78, 5) is 12.7. The van der Waals surface area contributed by atoms with E-state index in [1.807, 2.05) is 13.0 Å². The number of rotatable bonds is 10. The Labute approximate surface area is 163 Å². The van der Waals surface area contributed by atoms with E-state index in [0.717, 1.165) is 17.8 Å². The van der Waals surface area contributed by atoms with Crippen molar-refractivity contribution in [3.05, 3.63) is 65.7 Å². The smallest absolute Gasteiger partial charge is 0.417 e. The van der Waals surface area contributed by atoms with Gasteiger partial charge < -0.3 is 10.4 Å². The van der Waals surface area contributed by atoms with Crippen LogP contribution in [0.3, 0.4) is 0 Å². The number of nitrogens with two attached hydrogens (primary N) is 1. The maximum absolute atomic E-state index is 12.8. The number of hydrogen-bond donors (Lipinski definition) is 1. The van der Waals surface area contributed by atoms with Gasteiger partial charge in [-0.2, -0.15) is 5.10 Å². The van der Waals surface area contributed by atoms with Crippen molar-refractivity contribution in [3.8, 4) is 5.75 Å². The van der Waals surface area contributed by atoms with Crippen LogP contribution in [0.25, 0.3) is 0 Å². The molecule has 1 unspecified atom stereocenters. The second-order valence-corrected chi connectivity index (χ2v) is 9.61. The second-order valence-electron chi connectivity index (χ2n) is 5.49.